The molecule has 0 fully saturated rings. The van der Waals surface area contributed by atoms with Crippen molar-refractivity contribution in [2.45, 2.75) is 39.3 Å². The third kappa shape index (κ3) is 3.96. The second-order valence-electron chi connectivity index (χ2n) is 5.62. The van der Waals surface area contributed by atoms with Crippen LogP contribution < -0.4 is 19.5 Å². The van der Waals surface area contributed by atoms with E-state index in [1.165, 1.54) is 0 Å². The number of benzene rings is 1. The highest BCUT2D eigenvalue weighted by Crippen LogP contribution is 2.38. The largest absolute Gasteiger partial charge is 0.487 e. The normalized spacial score (nSPS) is 13.9. The van der Waals surface area contributed by atoms with Crippen molar-refractivity contribution in [2.24, 2.45) is 0 Å². The van der Waals surface area contributed by atoms with Gasteiger partial charge in [-0.3, -0.25) is 0 Å². The zero-order valence-corrected chi connectivity index (χ0v) is 11.8. The van der Waals surface area contributed by atoms with E-state index >= 15 is 0 Å². The van der Waals surface area contributed by atoms with Gasteiger partial charge in [0, 0.05) is 23.7 Å². The highest BCUT2D eigenvalue weighted by Gasteiger charge is 2.20. The molecule has 1 aliphatic heterocycles. The third-order valence-electron chi connectivity index (χ3n) is 2.73. The van der Waals surface area contributed by atoms with Gasteiger partial charge in [-0.1, -0.05) is 0 Å². The molecule has 20 heavy (non-hydrogen) atoms. The summed E-state index contributed by atoms with van der Waals surface area (Å²) in [5, 5.41) is 3.29. The average Bonchev–Trinajstić information content (AvgIpc) is 2.79. The van der Waals surface area contributed by atoms with Crippen LogP contribution in [-0.2, 0) is 6.54 Å². The van der Waals surface area contributed by atoms with Gasteiger partial charge >= 0.3 is 0 Å². The van der Waals surface area contributed by atoms with Crippen LogP contribution in [0.3, 0.4) is 0 Å². The molecule has 1 aromatic rings. The van der Waals surface area contributed by atoms with Crippen molar-refractivity contribution in [1.29, 1.82) is 0 Å². The predicted octanol–water partition coefficient (Wildman–Crippen LogP) is 2.95. The molecule has 0 amide bonds. The lowest BCUT2D eigenvalue weighted by molar-refractivity contribution is 0.0811. The van der Waals surface area contributed by atoms with Crippen LogP contribution in [0.25, 0.3) is 0 Å². The third-order valence-corrected chi connectivity index (χ3v) is 2.73. The molecule has 6 heteroatoms. The predicted molar refractivity (Wildman–Crippen MR) is 70.7 cm³/mol. The van der Waals surface area contributed by atoms with Crippen molar-refractivity contribution in [3.05, 3.63) is 17.7 Å². The molecule has 1 heterocycles. The first kappa shape index (κ1) is 14.8. The van der Waals surface area contributed by atoms with Crippen LogP contribution in [0.4, 0.5) is 8.78 Å². The van der Waals surface area contributed by atoms with Crippen LogP contribution in [-0.4, -0.2) is 25.4 Å². The minimum absolute atomic E-state index is 0.0869. The summed E-state index contributed by atoms with van der Waals surface area (Å²) < 4.78 is 40.3. The molecule has 2 rings (SSSR count). The number of halogens is 2. The number of rotatable bonds is 5. The summed E-state index contributed by atoms with van der Waals surface area (Å²) in [5.41, 5.74) is 0.681. The Morgan fingerprint density at radius 2 is 1.90 bits per heavy atom. The fourth-order valence-electron chi connectivity index (χ4n) is 1.75. The second kappa shape index (κ2) is 5.83. The highest BCUT2D eigenvalue weighted by atomic mass is 19.3. The Morgan fingerprint density at radius 3 is 2.50 bits per heavy atom. The summed E-state index contributed by atoms with van der Waals surface area (Å²) in [5.74, 6) is 1.53. The average molecular weight is 287 g/mol. The van der Waals surface area contributed by atoms with E-state index in [4.69, 9.17) is 14.2 Å². The standard InChI is InChI=1S/C14H19F2NO3/c1-14(2,3)17-6-9-4-11-12(20-8-19-11)5-10(9)18-7-13(15)16/h4-5,13,17H,6-8H2,1-3H3. The van der Waals surface area contributed by atoms with Crippen LogP contribution in [0.1, 0.15) is 26.3 Å². The van der Waals surface area contributed by atoms with Gasteiger partial charge in [0.15, 0.2) is 11.5 Å². The van der Waals surface area contributed by atoms with E-state index in [9.17, 15) is 8.78 Å². The summed E-state index contributed by atoms with van der Waals surface area (Å²) >= 11 is 0. The molecule has 0 atom stereocenters. The zero-order valence-electron chi connectivity index (χ0n) is 11.8. The molecule has 1 aliphatic rings. The minimum Gasteiger partial charge on any atom is -0.487 e. The fourth-order valence-corrected chi connectivity index (χ4v) is 1.75. The molecule has 0 saturated carbocycles. The molecule has 1 aromatic carbocycles. The van der Waals surface area contributed by atoms with E-state index in [0.29, 0.717) is 23.8 Å². The van der Waals surface area contributed by atoms with E-state index < -0.39 is 13.0 Å². The van der Waals surface area contributed by atoms with E-state index in [0.717, 1.165) is 5.56 Å². The van der Waals surface area contributed by atoms with E-state index in [-0.39, 0.29) is 12.3 Å². The van der Waals surface area contributed by atoms with Gasteiger partial charge in [-0.15, -0.1) is 0 Å². The SMILES string of the molecule is CC(C)(C)NCc1cc2c(cc1OCC(F)F)OCO2. The van der Waals surface area contributed by atoms with E-state index in [1.807, 2.05) is 20.8 Å². The summed E-state index contributed by atoms with van der Waals surface area (Å²) in [7, 11) is 0. The molecule has 0 bridgehead atoms. The van der Waals surface area contributed by atoms with Gasteiger partial charge in [-0.25, -0.2) is 8.78 Å². The highest BCUT2D eigenvalue weighted by molar-refractivity contribution is 5.51. The lowest BCUT2D eigenvalue weighted by atomic mass is 10.1. The van der Waals surface area contributed by atoms with Crippen LogP contribution >= 0.6 is 0 Å². The van der Waals surface area contributed by atoms with Crippen molar-refractivity contribution in [1.82, 2.24) is 5.32 Å². The number of alkyl halides is 2. The van der Waals surface area contributed by atoms with Crippen molar-refractivity contribution in [3.63, 3.8) is 0 Å². The van der Waals surface area contributed by atoms with Gasteiger partial charge in [0.2, 0.25) is 6.79 Å². The first-order chi connectivity index (χ1) is 9.35. The maximum Gasteiger partial charge on any atom is 0.272 e. The molecule has 112 valence electrons. The smallest absolute Gasteiger partial charge is 0.272 e. The van der Waals surface area contributed by atoms with Crippen LogP contribution in [0.5, 0.6) is 17.2 Å². The van der Waals surface area contributed by atoms with Gasteiger partial charge in [0.25, 0.3) is 6.43 Å². The molecular formula is C14H19F2NO3. The quantitative estimate of drug-likeness (QED) is 0.904. The lowest BCUT2D eigenvalue weighted by Gasteiger charge is -2.22. The molecule has 1 N–H and O–H groups in total. The van der Waals surface area contributed by atoms with Gasteiger partial charge in [-0.05, 0) is 26.8 Å². The van der Waals surface area contributed by atoms with E-state index in [2.05, 4.69) is 5.32 Å². The first-order valence-electron chi connectivity index (χ1n) is 6.43. The van der Waals surface area contributed by atoms with Gasteiger partial charge in [0.1, 0.15) is 12.4 Å². The number of ether oxygens (including phenoxy) is 3. The molecular weight excluding hydrogens is 268 g/mol. The summed E-state index contributed by atoms with van der Waals surface area (Å²) in [6.45, 7) is 6.08. The van der Waals surface area contributed by atoms with Gasteiger partial charge < -0.3 is 19.5 Å². The molecule has 0 radical (unpaired) electrons. The Bertz CT molecular complexity index is 472. The zero-order chi connectivity index (χ0) is 14.8. The Labute approximate surface area is 117 Å². The van der Waals surface area contributed by atoms with Crippen molar-refractivity contribution in [3.8, 4) is 17.2 Å². The molecule has 0 spiro atoms. The van der Waals surface area contributed by atoms with Crippen LogP contribution in [0, 0.1) is 0 Å². The minimum atomic E-state index is -2.51. The molecule has 0 unspecified atom stereocenters. The monoisotopic (exact) mass is 287 g/mol. The Balaban J connectivity index is 2.18. The molecule has 0 aliphatic carbocycles. The number of hydrogen-bond acceptors (Lipinski definition) is 4. The molecule has 0 aromatic heterocycles. The van der Waals surface area contributed by atoms with Crippen LogP contribution in [0.15, 0.2) is 12.1 Å². The topological polar surface area (TPSA) is 39.7 Å². The summed E-state index contributed by atoms with van der Waals surface area (Å²) in [6.07, 6.45) is -2.51. The molecule has 0 saturated heterocycles. The fraction of sp³-hybridized carbons (Fsp3) is 0.571. The molecule has 4 nitrogen and oxygen atoms in total. The summed E-state index contributed by atoms with van der Waals surface area (Å²) in [6, 6.07) is 3.37. The number of fused-ring (bicyclic) bond motifs is 1. The Hall–Kier alpha value is -1.56. The van der Waals surface area contributed by atoms with Gasteiger partial charge in [0.05, 0.1) is 0 Å². The Morgan fingerprint density at radius 1 is 1.25 bits per heavy atom. The Kier molecular flexibility index (Phi) is 4.32. The van der Waals surface area contributed by atoms with Crippen LogP contribution in [0.2, 0.25) is 0 Å². The maximum absolute atomic E-state index is 12.3. The summed E-state index contributed by atoms with van der Waals surface area (Å²) in [4.78, 5) is 0. The van der Waals surface area contributed by atoms with Crippen molar-refractivity contribution in [2.75, 3.05) is 13.4 Å². The van der Waals surface area contributed by atoms with Gasteiger partial charge in [-0.2, -0.15) is 0 Å². The van der Waals surface area contributed by atoms with Crippen molar-refractivity contribution >= 4 is 0 Å². The maximum atomic E-state index is 12.3. The van der Waals surface area contributed by atoms with Crippen molar-refractivity contribution < 1.29 is 23.0 Å². The van der Waals surface area contributed by atoms with E-state index in [1.54, 1.807) is 12.1 Å². The first-order valence-corrected chi connectivity index (χ1v) is 6.43. The second-order valence-corrected chi connectivity index (χ2v) is 5.62. The number of nitrogens with one attached hydrogen (secondary N) is 1. The number of hydrogen-bond donors (Lipinski definition) is 1. The lowest BCUT2D eigenvalue weighted by Crippen LogP contribution is -2.35.